The van der Waals surface area contributed by atoms with Crippen molar-refractivity contribution >= 4 is 28.3 Å². The fourth-order valence-electron chi connectivity index (χ4n) is 2.31. The van der Waals surface area contributed by atoms with Gasteiger partial charge in [0.25, 0.3) is 0 Å². The summed E-state index contributed by atoms with van der Waals surface area (Å²) in [6.45, 7) is 2.04. The quantitative estimate of drug-likeness (QED) is 0.409. The minimum atomic E-state index is 0.379. The van der Waals surface area contributed by atoms with Gasteiger partial charge in [-0.1, -0.05) is 34.7 Å². The van der Waals surface area contributed by atoms with Gasteiger partial charge in [-0.25, -0.2) is 0 Å². The molecular weight excluding hydrogens is 311 g/mol. The summed E-state index contributed by atoms with van der Waals surface area (Å²) in [5, 5.41) is 0. The summed E-state index contributed by atoms with van der Waals surface area (Å²) in [5.41, 5.74) is 6.11. The van der Waals surface area contributed by atoms with Crippen LogP contribution in [0.1, 0.15) is 29.8 Å². The Kier molecular flexibility index (Phi) is 2.58. The minimum Gasteiger partial charge on any atom is -0.269 e. The normalized spacial score (nSPS) is 23.0. The molecule has 1 aliphatic heterocycles. The number of nitrogens with zero attached hydrogens (tertiary/aromatic N) is 2. The average molecular weight is 324 g/mol. The molecule has 1 atom stereocenters. The van der Waals surface area contributed by atoms with Gasteiger partial charge in [-0.15, -0.1) is 0 Å². The van der Waals surface area contributed by atoms with Crippen molar-refractivity contribution in [3.63, 3.8) is 0 Å². The maximum Gasteiger partial charge on any atom is 0.105 e. The lowest BCUT2D eigenvalue weighted by Gasteiger charge is -2.24. The van der Waals surface area contributed by atoms with Crippen LogP contribution in [-0.2, 0) is 6.42 Å². The number of fused-ring (bicyclic) bond motifs is 3. The fraction of sp³-hybridized carbons (Fsp3) is 0.385. The van der Waals surface area contributed by atoms with E-state index in [-0.39, 0.29) is 0 Å². The van der Waals surface area contributed by atoms with E-state index in [0.29, 0.717) is 4.05 Å². The van der Waals surface area contributed by atoms with Crippen molar-refractivity contribution in [2.45, 2.75) is 30.2 Å². The Balaban J connectivity index is 2.16. The molecule has 2 aliphatic rings. The Morgan fingerprint density at radius 1 is 1.31 bits per heavy atom. The molecule has 0 saturated heterocycles. The van der Waals surface area contributed by atoms with Crippen LogP contribution >= 0.6 is 22.6 Å². The summed E-state index contributed by atoms with van der Waals surface area (Å²) in [4.78, 5) is 9.42. The van der Waals surface area contributed by atoms with Gasteiger partial charge in [0.05, 0.1) is 11.4 Å². The first-order valence-corrected chi connectivity index (χ1v) is 6.87. The highest BCUT2D eigenvalue weighted by Crippen LogP contribution is 2.30. The molecule has 0 saturated carbocycles. The van der Waals surface area contributed by atoms with E-state index in [1.807, 2.05) is 6.92 Å². The lowest BCUT2D eigenvalue weighted by Crippen LogP contribution is -2.21. The smallest absolute Gasteiger partial charge is 0.105 e. The number of hydrogen-bond acceptors (Lipinski definition) is 2. The van der Waals surface area contributed by atoms with Crippen LogP contribution in [0.15, 0.2) is 28.8 Å². The zero-order valence-corrected chi connectivity index (χ0v) is 11.4. The SMILES string of the molecule is Cc1ccc2c(n1)C1=NC(I)CC=C1CC2. The van der Waals surface area contributed by atoms with E-state index in [2.05, 4.69) is 45.8 Å². The van der Waals surface area contributed by atoms with E-state index in [1.165, 1.54) is 11.1 Å². The van der Waals surface area contributed by atoms with Crippen molar-refractivity contribution in [3.8, 4) is 0 Å². The van der Waals surface area contributed by atoms with Crippen LogP contribution in [-0.4, -0.2) is 14.7 Å². The molecular formula is C13H13IN2. The Morgan fingerprint density at radius 2 is 2.19 bits per heavy atom. The number of halogens is 1. The number of pyridine rings is 1. The molecule has 16 heavy (non-hydrogen) atoms. The molecule has 0 radical (unpaired) electrons. The van der Waals surface area contributed by atoms with E-state index in [4.69, 9.17) is 4.99 Å². The van der Waals surface area contributed by atoms with Gasteiger partial charge in [-0.3, -0.25) is 9.98 Å². The van der Waals surface area contributed by atoms with Crippen LogP contribution < -0.4 is 0 Å². The molecule has 0 fully saturated rings. The van der Waals surface area contributed by atoms with Crippen molar-refractivity contribution in [1.82, 2.24) is 4.98 Å². The van der Waals surface area contributed by atoms with Gasteiger partial charge in [0.2, 0.25) is 0 Å². The third-order valence-corrected chi connectivity index (χ3v) is 3.93. The van der Waals surface area contributed by atoms with Crippen molar-refractivity contribution < 1.29 is 0 Å². The number of aryl methyl sites for hydroxylation is 2. The molecule has 0 N–H and O–H groups in total. The summed E-state index contributed by atoms with van der Waals surface area (Å²) in [7, 11) is 0. The van der Waals surface area contributed by atoms with Crippen molar-refractivity contribution in [2.24, 2.45) is 4.99 Å². The Hall–Kier alpha value is -0.710. The number of aliphatic imine (C=N–C) groups is 1. The van der Waals surface area contributed by atoms with Gasteiger partial charge in [0.1, 0.15) is 4.05 Å². The van der Waals surface area contributed by atoms with Crippen LogP contribution in [0.2, 0.25) is 0 Å². The molecule has 3 heteroatoms. The van der Waals surface area contributed by atoms with E-state index >= 15 is 0 Å². The lowest BCUT2D eigenvalue weighted by molar-refractivity contribution is 0.865. The van der Waals surface area contributed by atoms with Gasteiger partial charge >= 0.3 is 0 Å². The third-order valence-electron chi connectivity index (χ3n) is 3.14. The van der Waals surface area contributed by atoms with Gasteiger partial charge in [-0.05, 0) is 43.4 Å². The molecule has 1 aromatic heterocycles. The van der Waals surface area contributed by atoms with Gasteiger partial charge in [0.15, 0.2) is 0 Å². The number of hydrogen-bond donors (Lipinski definition) is 0. The van der Waals surface area contributed by atoms with Crippen LogP contribution in [0.3, 0.4) is 0 Å². The number of rotatable bonds is 0. The van der Waals surface area contributed by atoms with Crippen LogP contribution in [0.25, 0.3) is 0 Å². The molecule has 1 aromatic rings. The van der Waals surface area contributed by atoms with E-state index < -0.39 is 0 Å². The van der Waals surface area contributed by atoms with Crippen molar-refractivity contribution in [1.29, 1.82) is 0 Å². The highest BCUT2D eigenvalue weighted by atomic mass is 127. The second-order valence-electron chi connectivity index (χ2n) is 4.34. The Bertz CT molecular complexity index is 503. The first kappa shape index (κ1) is 10.4. The zero-order chi connectivity index (χ0) is 11.1. The van der Waals surface area contributed by atoms with Crippen LogP contribution in [0.5, 0.6) is 0 Å². The fourth-order valence-corrected chi connectivity index (χ4v) is 2.84. The molecule has 2 heterocycles. The highest BCUT2D eigenvalue weighted by Gasteiger charge is 2.24. The van der Waals surface area contributed by atoms with Crippen molar-refractivity contribution in [2.75, 3.05) is 0 Å². The summed E-state index contributed by atoms with van der Waals surface area (Å²) in [6, 6.07) is 4.30. The van der Waals surface area contributed by atoms with Gasteiger partial charge < -0.3 is 0 Å². The molecule has 82 valence electrons. The standard InChI is InChI=1S/C13H13IN2/c1-8-2-3-9-4-5-10-6-7-11(14)16-13(10)12(9)15-8/h2-3,6,11H,4-5,7H2,1H3. The predicted octanol–water partition coefficient (Wildman–Crippen LogP) is 3.22. The highest BCUT2D eigenvalue weighted by molar-refractivity contribution is 14.1. The minimum absolute atomic E-state index is 0.379. The topological polar surface area (TPSA) is 25.2 Å². The molecule has 0 amide bonds. The summed E-state index contributed by atoms with van der Waals surface area (Å²) >= 11 is 2.39. The summed E-state index contributed by atoms with van der Waals surface area (Å²) < 4.78 is 0.379. The maximum atomic E-state index is 4.76. The molecule has 3 rings (SSSR count). The average Bonchev–Trinajstić information content (AvgIpc) is 2.29. The zero-order valence-electron chi connectivity index (χ0n) is 9.20. The number of allylic oxidation sites excluding steroid dienone is 1. The molecule has 0 bridgehead atoms. The first-order valence-electron chi connectivity index (χ1n) is 5.62. The van der Waals surface area contributed by atoms with Crippen molar-refractivity contribution in [3.05, 3.63) is 40.7 Å². The lowest BCUT2D eigenvalue weighted by atomic mass is 9.88. The summed E-state index contributed by atoms with van der Waals surface area (Å²) in [6.07, 6.45) is 5.65. The summed E-state index contributed by atoms with van der Waals surface area (Å²) in [5.74, 6) is 0. The van der Waals surface area contributed by atoms with Gasteiger partial charge in [0, 0.05) is 5.69 Å². The molecule has 1 unspecified atom stereocenters. The number of dihydropyridines is 1. The largest absolute Gasteiger partial charge is 0.269 e. The third kappa shape index (κ3) is 1.71. The monoisotopic (exact) mass is 324 g/mol. The second-order valence-corrected chi connectivity index (χ2v) is 5.78. The molecule has 2 nitrogen and oxygen atoms in total. The Morgan fingerprint density at radius 3 is 3.06 bits per heavy atom. The van der Waals surface area contributed by atoms with Crippen LogP contribution in [0, 0.1) is 6.92 Å². The Labute approximate surface area is 109 Å². The van der Waals surface area contributed by atoms with E-state index in [9.17, 15) is 0 Å². The molecule has 0 spiro atoms. The van der Waals surface area contributed by atoms with Crippen LogP contribution in [0.4, 0.5) is 0 Å². The van der Waals surface area contributed by atoms with E-state index in [0.717, 1.165) is 36.4 Å². The molecule has 1 aliphatic carbocycles. The number of alkyl halides is 1. The molecule has 0 aromatic carbocycles. The maximum absolute atomic E-state index is 4.76. The predicted molar refractivity (Wildman–Crippen MR) is 74.3 cm³/mol. The van der Waals surface area contributed by atoms with E-state index in [1.54, 1.807) is 0 Å². The second kappa shape index (κ2) is 3.95. The van der Waals surface area contributed by atoms with Gasteiger partial charge in [-0.2, -0.15) is 0 Å². The number of aromatic nitrogens is 1. The first-order chi connectivity index (χ1) is 7.74.